The fraction of sp³-hybridized carbons (Fsp3) is 1.00. The van der Waals surface area contributed by atoms with Crippen molar-refractivity contribution in [3.8, 4) is 0 Å². The van der Waals surface area contributed by atoms with Gasteiger partial charge in [0.05, 0.1) is 6.61 Å². The Morgan fingerprint density at radius 1 is 1.17 bits per heavy atom. The van der Waals surface area contributed by atoms with Crippen LogP contribution in [0.3, 0.4) is 0 Å². The van der Waals surface area contributed by atoms with Crippen LogP contribution >= 0.6 is 0 Å². The number of hydrogen-bond acceptors (Lipinski definition) is 4. The van der Waals surface area contributed by atoms with Crippen LogP contribution in [-0.2, 0) is 4.74 Å². The van der Waals surface area contributed by atoms with Gasteiger partial charge in [0.2, 0.25) is 0 Å². The molecular weight excluding hydrogens is 226 g/mol. The molecule has 1 unspecified atom stereocenters. The van der Waals surface area contributed by atoms with Crippen LogP contribution < -0.4 is 5.73 Å². The summed E-state index contributed by atoms with van der Waals surface area (Å²) in [5.74, 6) is 0.773. The maximum absolute atomic E-state index is 5.96. The SMILES string of the molecule is CC(C)CN1CCN(CC2(CN)CCOC2)CC1. The Morgan fingerprint density at radius 2 is 1.83 bits per heavy atom. The topological polar surface area (TPSA) is 41.7 Å². The Labute approximate surface area is 111 Å². The molecule has 18 heavy (non-hydrogen) atoms. The molecule has 0 amide bonds. The third-order valence-electron chi connectivity index (χ3n) is 4.27. The minimum absolute atomic E-state index is 0.236. The van der Waals surface area contributed by atoms with Gasteiger partial charge in [-0.2, -0.15) is 0 Å². The van der Waals surface area contributed by atoms with Gasteiger partial charge in [0.1, 0.15) is 0 Å². The molecule has 2 aliphatic rings. The van der Waals surface area contributed by atoms with Crippen molar-refractivity contribution in [2.45, 2.75) is 20.3 Å². The number of nitrogens with two attached hydrogens (primary N) is 1. The zero-order chi connectivity index (χ0) is 13.0. The highest BCUT2D eigenvalue weighted by Gasteiger charge is 2.36. The van der Waals surface area contributed by atoms with E-state index in [0.717, 1.165) is 38.6 Å². The number of nitrogens with zero attached hydrogens (tertiary/aromatic N) is 2. The van der Waals surface area contributed by atoms with Crippen molar-refractivity contribution in [3.05, 3.63) is 0 Å². The van der Waals surface area contributed by atoms with E-state index in [0.29, 0.717) is 0 Å². The zero-order valence-corrected chi connectivity index (χ0v) is 12.0. The smallest absolute Gasteiger partial charge is 0.0547 e. The van der Waals surface area contributed by atoms with Crippen LogP contribution in [0.15, 0.2) is 0 Å². The lowest BCUT2D eigenvalue weighted by Gasteiger charge is -2.39. The summed E-state index contributed by atoms with van der Waals surface area (Å²) in [5, 5.41) is 0. The molecule has 0 saturated carbocycles. The third kappa shape index (κ3) is 3.67. The standard InChI is InChI=1S/C14H29N3O/c1-13(2)9-16-4-6-17(7-5-16)11-14(10-15)3-8-18-12-14/h13H,3-12,15H2,1-2H3. The monoisotopic (exact) mass is 255 g/mol. The molecular formula is C14H29N3O. The molecule has 0 spiro atoms. The number of hydrogen-bond donors (Lipinski definition) is 1. The van der Waals surface area contributed by atoms with E-state index >= 15 is 0 Å². The van der Waals surface area contributed by atoms with E-state index in [-0.39, 0.29) is 5.41 Å². The van der Waals surface area contributed by atoms with Crippen LogP contribution in [-0.4, -0.2) is 68.8 Å². The van der Waals surface area contributed by atoms with E-state index in [1.807, 2.05) is 0 Å². The number of ether oxygens (including phenoxy) is 1. The quantitative estimate of drug-likeness (QED) is 0.782. The van der Waals surface area contributed by atoms with Gasteiger partial charge in [-0.3, -0.25) is 0 Å². The lowest BCUT2D eigenvalue weighted by Crippen LogP contribution is -2.52. The van der Waals surface area contributed by atoms with Crippen LogP contribution in [0.25, 0.3) is 0 Å². The largest absolute Gasteiger partial charge is 0.381 e. The van der Waals surface area contributed by atoms with Gasteiger partial charge in [0, 0.05) is 57.8 Å². The molecule has 2 heterocycles. The molecule has 2 fully saturated rings. The summed E-state index contributed by atoms with van der Waals surface area (Å²) in [6, 6.07) is 0. The fourth-order valence-electron chi connectivity index (χ4n) is 3.12. The average Bonchev–Trinajstić information content (AvgIpc) is 2.80. The van der Waals surface area contributed by atoms with Crippen molar-refractivity contribution in [2.24, 2.45) is 17.1 Å². The first kappa shape index (κ1) is 14.3. The molecule has 0 bridgehead atoms. The van der Waals surface area contributed by atoms with Crippen LogP contribution in [0.4, 0.5) is 0 Å². The molecule has 0 aromatic heterocycles. The molecule has 0 aromatic carbocycles. The summed E-state index contributed by atoms with van der Waals surface area (Å²) in [5.41, 5.74) is 6.20. The molecule has 2 N–H and O–H groups in total. The predicted molar refractivity (Wildman–Crippen MR) is 74.6 cm³/mol. The average molecular weight is 255 g/mol. The van der Waals surface area contributed by atoms with Crippen molar-refractivity contribution in [2.75, 3.05) is 59.0 Å². The van der Waals surface area contributed by atoms with Gasteiger partial charge in [-0.1, -0.05) is 13.8 Å². The Bertz CT molecular complexity index is 243. The second kappa shape index (κ2) is 6.33. The van der Waals surface area contributed by atoms with Crippen molar-refractivity contribution in [1.82, 2.24) is 9.80 Å². The lowest BCUT2D eigenvalue weighted by molar-refractivity contribution is 0.0713. The predicted octanol–water partition coefficient (Wildman–Crippen LogP) is 0.625. The van der Waals surface area contributed by atoms with Crippen LogP contribution in [0, 0.1) is 11.3 Å². The molecule has 0 aliphatic carbocycles. The number of piperazine rings is 1. The molecule has 0 aromatic rings. The molecule has 4 heteroatoms. The normalized spacial score (nSPS) is 31.3. The minimum atomic E-state index is 0.236. The second-order valence-electron chi connectivity index (χ2n) is 6.48. The lowest BCUT2D eigenvalue weighted by atomic mass is 9.86. The van der Waals surface area contributed by atoms with Crippen LogP contribution in [0.5, 0.6) is 0 Å². The molecule has 2 rings (SSSR count). The van der Waals surface area contributed by atoms with E-state index in [1.165, 1.54) is 32.7 Å². The van der Waals surface area contributed by atoms with E-state index in [4.69, 9.17) is 10.5 Å². The van der Waals surface area contributed by atoms with Gasteiger partial charge >= 0.3 is 0 Å². The van der Waals surface area contributed by atoms with Crippen molar-refractivity contribution in [3.63, 3.8) is 0 Å². The summed E-state index contributed by atoms with van der Waals surface area (Å²) in [6.45, 7) is 14.3. The Morgan fingerprint density at radius 3 is 2.33 bits per heavy atom. The highest BCUT2D eigenvalue weighted by atomic mass is 16.5. The van der Waals surface area contributed by atoms with Crippen LogP contribution in [0.2, 0.25) is 0 Å². The fourth-order valence-corrected chi connectivity index (χ4v) is 3.12. The highest BCUT2D eigenvalue weighted by molar-refractivity contribution is 4.88. The summed E-state index contributed by atoms with van der Waals surface area (Å²) >= 11 is 0. The first-order valence-corrected chi connectivity index (χ1v) is 7.36. The third-order valence-corrected chi connectivity index (χ3v) is 4.27. The Hall–Kier alpha value is -0.160. The van der Waals surface area contributed by atoms with Gasteiger partial charge in [0.25, 0.3) is 0 Å². The van der Waals surface area contributed by atoms with Gasteiger partial charge in [-0.15, -0.1) is 0 Å². The molecule has 2 aliphatic heterocycles. The summed E-state index contributed by atoms with van der Waals surface area (Å²) in [4.78, 5) is 5.17. The van der Waals surface area contributed by atoms with E-state index < -0.39 is 0 Å². The molecule has 2 saturated heterocycles. The van der Waals surface area contributed by atoms with Gasteiger partial charge in [-0.05, 0) is 12.3 Å². The first-order chi connectivity index (χ1) is 8.63. The van der Waals surface area contributed by atoms with Gasteiger partial charge < -0.3 is 20.3 Å². The molecule has 1 atom stereocenters. The van der Waals surface area contributed by atoms with Gasteiger partial charge in [0.15, 0.2) is 0 Å². The van der Waals surface area contributed by atoms with Crippen molar-refractivity contribution < 1.29 is 4.74 Å². The summed E-state index contributed by atoms with van der Waals surface area (Å²) in [6.07, 6.45) is 1.13. The summed E-state index contributed by atoms with van der Waals surface area (Å²) < 4.78 is 5.55. The van der Waals surface area contributed by atoms with Crippen molar-refractivity contribution >= 4 is 0 Å². The Balaban J connectivity index is 1.76. The van der Waals surface area contributed by atoms with Crippen molar-refractivity contribution in [1.29, 1.82) is 0 Å². The molecule has 106 valence electrons. The maximum atomic E-state index is 5.96. The molecule has 4 nitrogen and oxygen atoms in total. The van der Waals surface area contributed by atoms with E-state index in [2.05, 4.69) is 23.6 Å². The Kier molecular flexibility index (Phi) is 5.01. The molecule has 0 radical (unpaired) electrons. The second-order valence-corrected chi connectivity index (χ2v) is 6.48. The summed E-state index contributed by atoms with van der Waals surface area (Å²) in [7, 11) is 0. The minimum Gasteiger partial charge on any atom is -0.381 e. The van der Waals surface area contributed by atoms with E-state index in [9.17, 15) is 0 Å². The van der Waals surface area contributed by atoms with Crippen LogP contribution in [0.1, 0.15) is 20.3 Å². The van der Waals surface area contributed by atoms with Gasteiger partial charge in [-0.25, -0.2) is 0 Å². The maximum Gasteiger partial charge on any atom is 0.0547 e. The van der Waals surface area contributed by atoms with E-state index in [1.54, 1.807) is 0 Å². The number of rotatable bonds is 5. The zero-order valence-electron chi connectivity index (χ0n) is 12.0. The highest BCUT2D eigenvalue weighted by Crippen LogP contribution is 2.28. The first-order valence-electron chi connectivity index (χ1n) is 7.36.